The molecule has 158 valence electrons. The third-order valence-corrected chi connectivity index (χ3v) is 6.68. The quantitative estimate of drug-likeness (QED) is 0.672. The number of aromatic nitrogens is 1. The summed E-state index contributed by atoms with van der Waals surface area (Å²) in [6.45, 7) is 1.27. The number of carbonyl (C=O) groups excluding carboxylic acids is 2. The van der Waals surface area contributed by atoms with Gasteiger partial charge in [-0.1, -0.05) is 36.4 Å². The van der Waals surface area contributed by atoms with Crippen LogP contribution in [0.15, 0.2) is 58.8 Å². The third-order valence-electron chi connectivity index (χ3n) is 5.82. The van der Waals surface area contributed by atoms with Crippen LogP contribution in [0.4, 0.5) is 0 Å². The van der Waals surface area contributed by atoms with Gasteiger partial charge >= 0.3 is 0 Å². The van der Waals surface area contributed by atoms with Crippen molar-refractivity contribution in [2.45, 2.75) is 38.4 Å². The highest BCUT2D eigenvalue weighted by Crippen LogP contribution is 2.25. The second kappa shape index (κ2) is 8.15. The first-order valence-corrected chi connectivity index (χ1v) is 11.4. The second-order valence-corrected chi connectivity index (χ2v) is 9.08. The molecule has 1 aliphatic heterocycles. The molecule has 31 heavy (non-hydrogen) atoms. The van der Waals surface area contributed by atoms with E-state index in [2.05, 4.69) is 5.32 Å². The second-order valence-electron chi connectivity index (χ2n) is 8.13. The van der Waals surface area contributed by atoms with E-state index in [9.17, 15) is 14.4 Å². The average Bonchev–Trinajstić information content (AvgIpc) is 3.42. The summed E-state index contributed by atoms with van der Waals surface area (Å²) in [6, 6.07) is 13.6. The van der Waals surface area contributed by atoms with E-state index in [1.165, 1.54) is 11.3 Å². The lowest BCUT2D eigenvalue weighted by molar-refractivity contribution is 0.0739. The molecule has 0 saturated heterocycles. The molecule has 5 rings (SSSR count). The Bertz CT molecular complexity index is 1180. The molecule has 7 heteroatoms. The van der Waals surface area contributed by atoms with Gasteiger partial charge in [-0.2, -0.15) is 0 Å². The van der Waals surface area contributed by atoms with Gasteiger partial charge in [0.05, 0.1) is 11.4 Å². The number of rotatable bonds is 5. The molecule has 1 aromatic carbocycles. The van der Waals surface area contributed by atoms with Gasteiger partial charge in [0, 0.05) is 25.3 Å². The largest absolute Gasteiger partial charge is 0.349 e. The van der Waals surface area contributed by atoms with Gasteiger partial charge in [0.1, 0.15) is 5.56 Å². The molecular weight excluding hydrogens is 410 g/mol. The van der Waals surface area contributed by atoms with Crippen LogP contribution in [-0.4, -0.2) is 33.9 Å². The summed E-state index contributed by atoms with van der Waals surface area (Å²) < 4.78 is 1.61. The molecule has 2 aliphatic rings. The lowest BCUT2D eigenvalue weighted by Crippen LogP contribution is -2.41. The molecule has 3 aromatic rings. The van der Waals surface area contributed by atoms with Gasteiger partial charge in [-0.25, -0.2) is 0 Å². The van der Waals surface area contributed by atoms with Crippen molar-refractivity contribution in [3.63, 3.8) is 0 Å². The van der Waals surface area contributed by atoms with Gasteiger partial charge < -0.3 is 14.8 Å². The number of carbonyl (C=O) groups is 2. The molecule has 0 unspecified atom stereocenters. The zero-order chi connectivity index (χ0) is 21.4. The number of fused-ring (bicyclic) bond motifs is 1. The van der Waals surface area contributed by atoms with E-state index in [0.29, 0.717) is 30.9 Å². The Hall–Kier alpha value is -3.19. The van der Waals surface area contributed by atoms with Gasteiger partial charge in [0.25, 0.3) is 17.4 Å². The number of hydrogen-bond acceptors (Lipinski definition) is 4. The standard InChI is InChI=1S/C24H23N3O3S/c28-22(25-18-8-9-18)21-19-10-11-26(23(29)20-7-4-12-31-20)14-17(19)15-27(24(21)30)13-16-5-2-1-3-6-16/h1-7,12,15,18H,8-11,13-14H2,(H,25,28). The van der Waals surface area contributed by atoms with Crippen LogP contribution in [0.3, 0.4) is 0 Å². The zero-order valence-corrected chi connectivity index (χ0v) is 17.9. The maximum absolute atomic E-state index is 13.3. The normalized spacial score (nSPS) is 15.4. The minimum Gasteiger partial charge on any atom is -0.349 e. The minimum atomic E-state index is -0.288. The number of thiophene rings is 1. The number of pyridine rings is 1. The molecule has 1 fully saturated rings. The topological polar surface area (TPSA) is 71.4 Å². The third kappa shape index (κ3) is 4.05. The Balaban J connectivity index is 1.53. The van der Waals surface area contributed by atoms with Gasteiger partial charge in [0.2, 0.25) is 0 Å². The van der Waals surface area contributed by atoms with Crippen molar-refractivity contribution in [2.75, 3.05) is 6.54 Å². The first-order chi connectivity index (χ1) is 15.1. The van der Waals surface area contributed by atoms with Gasteiger partial charge in [-0.3, -0.25) is 14.4 Å². The summed E-state index contributed by atoms with van der Waals surface area (Å²) in [5, 5.41) is 4.87. The fraction of sp³-hybridized carbons (Fsp3) is 0.292. The summed E-state index contributed by atoms with van der Waals surface area (Å²) in [5.41, 5.74) is 2.61. The number of nitrogens with one attached hydrogen (secondary N) is 1. The van der Waals surface area contributed by atoms with Crippen molar-refractivity contribution in [1.82, 2.24) is 14.8 Å². The van der Waals surface area contributed by atoms with Gasteiger partial charge in [-0.15, -0.1) is 11.3 Å². The Morgan fingerprint density at radius 3 is 2.61 bits per heavy atom. The molecule has 0 spiro atoms. The molecular formula is C24H23N3O3S. The Morgan fingerprint density at radius 2 is 1.90 bits per heavy atom. The highest BCUT2D eigenvalue weighted by molar-refractivity contribution is 7.12. The van der Waals surface area contributed by atoms with Gasteiger partial charge in [-0.05, 0) is 47.4 Å². The van der Waals surface area contributed by atoms with E-state index >= 15 is 0 Å². The average molecular weight is 434 g/mol. The number of nitrogens with zero attached hydrogens (tertiary/aromatic N) is 2. The monoisotopic (exact) mass is 433 g/mol. The minimum absolute atomic E-state index is 0.00885. The lowest BCUT2D eigenvalue weighted by atomic mass is 9.95. The van der Waals surface area contributed by atoms with Gasteiger partial charge in [0.15, 0.2) is 0 Å². The van der Waals surface area contributed by atoms with Crippen LogP contribution in [0.5, 0.6) is 0 Å². The maximum atomic E-state index is 13.3. The molecule has 0 bridgehead atoms. The Kier molecular flexibility index (Phi) is 5.19. The van der Waals surface area contributed by atoms with Crippen LogP contribution in [-0.2, 0) is 19.5 Å². The maximum Gasteiger partial charge on any atom is 0.264 e. The molecule has 2 aromatic heterocycles. The molecule has 1 aliphatic carbocycles. The van der Waals surface area contributed by atoms with E-state index in [-0.39, 0.29) is 29.0 Å². The van der Waals surface area contributed by atoms with Crippen molar-refractivity contribution in [2.24, 2.45) is 0 Å². The van der Waals surface area contributed by atoms with Crippen molar-refractivity contribution in [1.29, 1.82) is 0 Å². The fourth-order valence-electron chi connectivity index (χ4n) is 4.06. The molecule has 3 heterocycles. The first-order valence-electron chi connectivity index (χ1n) is 10.5. The molecule has 0 atom stereocenters. The van der Waals surface area contributed by atoms with Crippen LogP contribution in [0.1, 0.15) is 49.6 Å². The molecule has 6 nitrogen and oxygen atoms in total. The SMILES string of the molecule is O=C(NC1CC1)c1c2c(cn(Cc3ccccc3)c1=O)CN(C(=O)c1cccs1)CC2. The van der Waals surface area contributed by atoms with E-state index in [0.717, 1.165) is 29.5 Å². The number of amides is 2. The number of benzene rings is 1. The highest BCUT2D eigenvalue weighted by Gasteiger charge is 2.31. The van der Waals surface area contributed by atoms with E-state index in [1.54, 1.807) is 9.47 Å². The Morgan fingerprint density at radius 1 is 1.10 bits per heavy atom. The van der Waals surface area contributed by atoms with Crippen molar-refractivity contribution in [3.05, 3.63) is 91.5 Å². The van der Waals surface area contributed by atoms with Crippen LogP contribution in [0.25, 0.3) is 0 Å². The van der Waals surface area contributed by atoms with Crippen molar-refractivity contribution < 1.29 is 9.59 Å². The van der Waals surface area contributed by atoms with E-state index in [4.69, 9.17) is 0 Å². The molecule has 0 radical (unpaired) electrons. The first kappa shape index (κ1) is 19.8. The summed E-state index contributed by atoms with van der Waals surface area (Å²) in [6.07, 6.45) is 4.25. The molecule has 1 saturated carbocycles. The van der Waals surface area contributed by atoms with Crippen molar-refractivity contribution >= 4 is 23.2 Å². The summed E-state index contributed by atoms with van der Waals surface area (Å²) >= 11 is 1.42. The van der Waals surface area contributed by atoms with Crippen LogP contribution in [0, 0.1) is 0 Å². The summed E-state index contributed by atoms with van der Waals surface area (Å²) in [7, 11) is 0. The van der Waals surface area contributed by atoms with E-state index in [1.807, 2.05) is 54.0 Å². The zero-order valence-electron chi connectivity index (χ0n) is 17.0. The summed E-state index contributed by atoms with van der Waals surface area (Å²) in [5.74, 6) is -0.297. The van der Waals surface area contributed by atoms with E-state index < -0.39 is 0 Å². The van der Waals surface area contributed by atoms with Crippen molar-refractivity contribution in [3.8, 4) is 0 Å². The smallest absolute Gasteiger partial charge is 0.264 e. The Labute approximate surface area is 184 Å². The predicted molar refractivity (Wildman–Crippen MR) is 119 cm³/mol. The van der Waals surface area contributed by atoms with Crippen LogP contribution >= 0.6 is 11.3 Å². The summed E-state index contributed by atoms with van der Waals surface area (Å²) in [4.78, 5) is 41.7. The lowest BCUT2D eigenvalue weighted by Gasteiger charge is -2.30. The fourth-order valence-corrected chi connectivity index (χ4v) is 4.75. The highest BCUT2D eigenvalue weighted by atomic mass is 32.1. The van der Waals surface area contributed by atoms with Crippen LogP contribution in [0.2, 0.25) is 0 Å². The molecule has 2 amide bonds. The van der Waals surface area contributed by atoms with Crippen LogP contribution < -0.4 is 10.9 Å². The number of hydrogen-bond donors (Lipinski definition) is 1. The molecule has 1 N–H and O–H groups in total. The predicted octanol–water partition coefficient (Wildman–Crippen LogP) is 3.05.